The molecular formula is C15H21LiO2. The Balaban J connectivity index is 0.00000289. The van der Waals surface area contributed by atoms with Gasteiger partial charge in [0.15, 0.2) is 0 Å². The van der Waals surface area contributed by atoms with Crippen LogP contribution in [0.5, 0.6) is 0 Å². The molecule has 94 valence electrons. The van der Waals surface area contributed by atoms with E-state index in [0.29, 0.717) is 0 Å². The van der Waals surface area contributed by atoms with Crippen molar-refractivity contribution in [1.29, 1.82) is 0 Å². The van der Waals surface area contributed by atoms with Gasteiger partial charge < -0.3 is 9.90 Å². The van der Waals surface area contributed by atoms with E-state index in [4.69, 9.17) is 0 Å². The van der Waals surface area contributed by atoms with Crippen LogP contribution in [-0.2, 0) is 5.41 Å². The molecule has 0 saturated carbocycles. The zero-order valence-corrected chi connectivity index (χ0v) is 12.3. The Bertz CT molecular complexity index is 399. The van der Waals surface area contributed by atoms with Gasteiger partial charge in [-0.25, -0.2) is 0 Å². The van der Waals surface area contributed by atoms with Crippen LogP contribution in [0.2, 0.25) is 0 Å². The third kappa shape index (κ3) is 4.88. The van der Waals surface area contributed by atoms with E-state index in [9.17, 15) is 9.90 Å². The van der Waals surface area contributed by atoms with Gasteiger partial charge in [0, 0.05) is 0 Å². The molecule has 0 spiro atoms. The SMILES string of the molecule is CC(C)(C)CC(C)(C)c1ccc(C(=O)[O-])cc1.[Li+]. The van der Waals surface area contributed by atoms with Crippen LogP contribution < -0.4 is 24.0 Å². The Morgan fingerprint density at radius 2 is 1.50 bits per heavy atom. The fraction of sp³-hybridized carbons (Fsp3) is 0.533. The second-order valence-electron chi connectivity index (χ2n) is 6.49. The van der Waals surface area contributed by atoms with Crippen molar-refractivity contribution in [3.8, 4) is 0 Å². The topological polar surface area (TPSA) is 40.1 Å². The second kappa shape index (κ2) is 5.95. The third-order valence-corrected chi connectivity index (χ3v) is 2.87. The molecule has 18 heavy (non-hydrogen) atoms. The van der Waals surface area contributed by atoms with E-state index in [0.717, 1.165) is 12.0 Å². The molecule has 0 heterocycles. The normalized spacial score (nSPS) is 11.8. The average Bonchev–Trinajstić information content (AvgIpc) is 2.14. The number of benzene rings is 1. The number of hydrogen-bond acceptors (Lipinski definition) is 2. The van der Waals surface area contributed by atoms with Crippen LogP contribution in [-0.4, -0.2) is 5.97 Å². The summed E-state index contributed by atoms with van der Waals surface area (Å²) in [5, 5.41) is 10.7. The van der Waals surface area contributed by atoms with Crippen LogP contribution in [0.1, 0.15) is 57.0 Å². The molecule has 0 unspecified atom stereocenters. The first kappa shape index (κ1) is 17.3. The maximum Gasteiger partial charge on any atom is 1.00 e. The first-order valence-corrected chi connectivity index (χ1v) is 5.94. The van der Waals surface area contributed by atoms with Crippen molar-refractivity contribution in [2.24, 2.45) is 5.41 Å². The molecule has 1 aromatic carbocycles. The summed E-state index contributed by atoms with van der Waals surface area (Å²) in [7, 11) is 0. The molecule has 0 amide bonds. The Hall–Kier alpha value is -0.713. The zero-order valence-electron chi connectivity index (χ0n) is 12.3. The van der Waals surface area contributed by atoms with Crippen LogP contribution in [0.3, 0.4) is 0 Å². The van der Waals surface area contributed by atoms with Gasteiger partial charge in [0.1, 0.15) is 0 Å². The molecule has 0 atom stereocenters. The number of carboxylic acids is 1. The van der Waals surface area contributed by atoms with Gasteiger partial charge in [0.2, 0.25) is 0 Å². The number of carboxylic acid groups (broad SMARTS) is 1. The summed E-state index contributed by atoms with van der Waals surface area (Å²) >= 11 is 0. The predicted octanol–water partition coefficient (Wildman–Crippen LogP) is -0.232. The molecule has 0 N–H and O–H groups in total. The van der Waals surface area contributed by atoms with E-state index in [1.165, 1.54) is 0 Å². The van der Waals surface area contributed by atoms with Gasteiger partial charge in [-0.05, 0) is 28.4 Å². The van der Waals surface area contributed by atoms with Gasteiger partial charge in [0.05, 0.1) is 5.97 Å². The molecule has 1 rings (SSSR count). The third-order valence-electron chi connectivity index (χ3n) is 2.87. The average molecular weight is 240 g/mol. The van der Waals surface area contributed by atoms with Crippen LogP contribution in [0.25, 0.3) is 0 Å². The van der Waals surface area contributed by atoms with Crippen molar-refractivity contribution in [2.75, 3.05) is 0 Å². The molecule has 0 saturated heterocycles. The standard InChI is InChI=1S/C15H22O2.Li/c1-14(2,3)10-15(4,5)12-8-6-11(7-9-12)13(16)17;/h6-9H,10H2,1-5H3,(H,16,17);/q;+1/p-1. The molecular weight excluding hydrogens is 219 g/mol. The largest absolute Gasteiger partial charge is 1.00 e. The molecule has 1 aromatic rings. The van der Waals surface area contributed by atoms with Gasteiger partial charge in [0.25, 0.3) is 0 Å². The van der Waals surface area contributed by atoms with Crippen LogP contribution in [0, 0.1) is 5.41 Å². The Labute approximate surface area is 122 Å². The quantitative estimate of drug-likeness (QED) is 0.685. The van der Waals surface area contributed by atoms with Crippen molar-refractivity contribution in [1.82, 2.24) is 0 Å². The van der Waals surface area contributed by atoms with Gasteiger partial charge >= 0.3 is 18.9 Å². The van der Waals surface area contributed by atoms with E-state index in [1.807, 2.05) is 12.1 Å². The summed E-state index contributed by atoms with van der Waals surface area (Å²) in [5.74, 6) is -1.12. The molecule has 0 radical (unpaired) electrons. The minimum atomic E-state index is -1.12. The van der Waals surface area contributed by atoms with Crippen molar-refractivity contribution in [3.63, 3.8) is 0 Å². The van der Waals surface area contributed by atoms with Crippen molar-refractivity contribution in [2.45, 2.75) is 46.5 Å². The van der Waals surface area contributed by atoms with Crippen molar-refractivity contribution < 1.29 is 28.8 Å². The summed E-state index contributed by atoms with van der Waals surface area (Å²) in [6.45, 7) is 11.0. The monoisotopic (exact) mass is 240 g/mol. The van der Waals surface area contributed by atoms with E-state index in [2.05, 4.69) is 34.6 Å². The smallest absolute Gasteiger partial charge is 0.545 e. The van der Waals surface area contributed by atoms with E-state index in [-0.39, 0.29) is 35.3 Å². The number of hydrogen-bond donors (Lipinski definition) is 0. The van der Waals surface area contributed by atoms with Gasteiger partial charge in [-0.15, -0.1) is 0 Å². The van der Waals surface area contributed by atoms with E-state index >= 15 is 0 Å². The Morgan fingerprint density at radius 3 is 1.83 bits per heavy atom. The second-order valence-corrected chi connectivity index (χ2v) is 6.49. The number of rotatable bonds is 3. The molecule has 0 fully saturated rings. The summed E-state index contributed by atoms with van der Waals surface area (Å²) in [6.07, 6.45) is 1.05. The van der Waals surface area contributed by atoms with E-state index < -0.39 is 5.97 Å². The summed E-state index contributed by atoms with van der Waals surface area (Å²) in [6, 6.07) is 7.01. The summed E-state index contributed by atoms with van der Waals surface area (Å²) < 4.78 is 0. The maximum absolute atomic E-state index is 10.7. The fourth-order valence-corrected chi connectivity index (χ4v) is 2.49. The van der Waals surface area contributed by atoms with Crippen LogP contribution in [0.4, 0.5) is 0 Å². The Kier molecular flexibility index (Phi) is 5.72. The van der Waals surface area contributed by atoms with Crippen LogP contribution >= 0.6 is 0 Å². The van der Waals surface area contributed by atoms with Crippen molar-refractivity contribution >= 4 is 5.97 Å². The molecule has 0 aliphatic heterocycles. The fourth-order valence-electron chi connectivity index (χ4n) is 2.49. The van der Waals surface area contributed by atoms with Gasteiger partial charge in [-0.1, -0.05) is 58.9 Å². The minimum absolute atomic E-state index is 0. The molecule has 0 aliphatic rings. The summed E-state index contributed by atoms with van der Waals surface area (Å²) in [5.41, 5.74) is 1.69. The number of carbonyl (C=O) groups is 1. The maximum atomic E-state index is 10.7. The number of carbonyl (C=O) groups excluding carboxylic acids is 1. The molecule has 0 aliphatic carbocycles. The predicted molar refractivity (Wildman–Crippen MR) is 67.9 cm³/mol. The molecule has 2 nitrogen and oxygen atoms in total. The van der Waals surface area contributed by atoms with Crippen LogP contribution in [0.15, 0.2) is 24.3 Å². The van der Waals surface area contributed by atoms with Crippen molar-refractivity contribution in [3.05, 3.63) is 35.4 Å². The molecule has 0 bridgehead atoms. The van der Waals surface area contributed by atoms with Gasteiger partial charge in [-0.3, -0.25) is 0 Å². The number of aromatic carboxylic acids is 1. The Morgan fingerprint density at radius 1 is 1.06 bits per heavy atom. The molecule has 3 heteroatoms. The van der Waals surface area contributed by atoms with Gasteiger partial charge in [-0.2, -0.15) is 0 Å². The minimum Gasteiger partial charge on any atom is -0.545 e. The summed E-state index contributed by atoms with van der Waals surface area (Å²) in [4.78, 5) is 10.7. The van der Waals surface area contributed by atoms with E-state index in [1.54, 1.807) is 12.1 Å². The first-order chi connectivity index (χ1) is 7.62. The molecule has 0 aromatic heterocycles. The zero-order chi connectivity index (χ0) is 13.3. The first-order valence-electron chi connectivity index (χ1n) is 5.94.